The zero-order valence-electron chi connectivity index (χ0n) is 16.3. The Morgan fingerprint density at radius 1 is 1.14 bits per heavy atom. The monoisotopic (exact) mass is 400 g/mol. The number of aromatic nitrogens is 3. The molecule has 0 saturated carbocycles. The fourth-order valence-electron chi connectivity index (χ4n) is 3.21. The van der Waals surface area contributed by atoms with Gasteiger partial charge in [0.1, 0.15) is 11.7 Å². The maximum atomic E-state index is 13.1. The summed E-state index contributed by atoms with van der Waals surface area (Å²) in [7, 11) is 1.54. The van der Waals surface area contributed by atoms with Crippen LogP contribution in [0.3, 0.4) is 0 Å². The number of anilines is 1. The minimum absolute atomic E-state index is 0.307. The van der Waals surface area contributed by atoms with E-state index in [-0.39, 0.29) is 0 Å². The first kappa shape index (κ1) is 19.8. The van der Waals surface area contributed by atoms with Crippen molar-refractivity contribution >= 4 is 34.2 Å². The summed E-state index contributed by atoms with van der Waals surface area (Å²) in [6.07, 6.45) is 0. The molecule has 0 aliphatic heterocycles. The fourth-order valence-corrected chi connectivity index (χ4v) is 3.38. The molecular formula is C20H21ClN4O3. The second-order valence-electron chi connectivity index (χ2n) is 6.92. The molecule has 146 valence electrons. The third-order valence-corrected chi connectivity index (χ3v) is 5.03. The van der Waals surface area contributed by atoms with Gasteiger partial charge in [0.05, 0.1) is 5.39 Å². The molecule has 0 spiro atoms. The third kappa shape index (κ3) is 3.33. The number of nitrogens with one attached hydrogen (secondary N) is 1. The number of hydrogen-bond acceptors (Lipinski definition) is 4. The second kappa shape index (κ2) is 7.24. The number of fused-ring (bicyclic) bond motifs is 1. The largest absolute Gasteiger partial charge is 0.333 e. The van der Waals surface area contributed by atoms with Crippen molar-refractivity contribution in [1.82, 2.24) is 14.1 Å². The lowest BCUT2D eigenvalue weighted by molar-refractivity contribution is -0.119. The van der Waals surface area contributed by atoms with E-state index in [9.17, 15) is 14.4 Å². The minimum Gasteiger partial charge on any atom is -0.324 e. The number of pyridine rings is 1. The van der Waals surface area contributed by atoms with Gasteiger partial charge in [0.2, 0.25) is 5.91 Å². The molecule has 1 aromatic carbocycles. The molecule has 28 heavy (non-hydrogen) atoms. The average Bonchev–Trinajstić information content (AvgIpc) is 2.62. The molecule has 0 radical (unpaired) electrons. The molecule has 2 heterocycles. The van der Waals surface area contributed by atoms with E-state index in [2.05, 4.69) is 10.3 Å². The topological polar surface area (TPSA) is 86.0 Å². The van der Waals surface area contributed by atoms with Gasteiger partial charge in [-0.2, -0.15) is 0 Å². The van der Waals surface area contributed by atoms with Crippen LogP contribution in [0, 0.1) is 20.8 Å². The van der Waals surface area contributed by atoms with Gasteiger partial charge in [-0.15, -0.1) is 0 Å². The van der Waals surface area contributed by atoms with E-state index in [1.807, 2.05) is 6.92 Å². The van der Waals surface area contributed by atoms with Crippen molar-refractivity contribution in [2.45, 2.75) is 33.7 Å². The molecule has 1 unspecified atom stereocenters. The van der Waals surface area contributed by atoms with Gasteiger partial charge in [-0.05, 0) is 57.0 Å². The van der Waals surface area contributed by atoms with Crippen LogP contribution in [0.25, 0.3) is 11.0 Å². The van der Waals surface area contributed by atoms with Crippen LogP contribution in [0.1, 0.15) is 29.8 Å². The molecule has 0 saturated heterocycles. The quantitative estimate of drug-likeness (QED) is 0.732. The first-order chi connectivity index (χ1) is 13.1. The lowest BCUT2D eigenvalue weighted by atomic mass is 10.1. The first-order valence-electron chi connectivity index (χ1n) is 8.78. The van der Waals surface area contributed by atoms with Crippen LogP contribution in [0.5, 0.6) is 0 Å². The Kier molecular flexibility index (Phi) is 5.12. The highest BCUT2D eigenvalue weighted by Gasteiger charge is 2.23. The maximum absolute atomic E-state index is 13.1. The van der Waals surface area contributed by atoms with Gasteiger partial charge >= 0.3 is 5.69 Å². The minimum atomic E-state index is -1.02. The van der Waals surface area contributed by atoms with E-state index < -0.39 is 23.2 Å². The van der Waals surface area contributed by atoms with E-state index in [1.165, 1.54) is 18.5 Å². The number of carbonyl (C=O) groups is 1. The smallest absolute Gasteiger partial charge is 0.324 e. The van der Waals surface area contributed by atoms with Crippen LogP contribution in [-0.4, -0.2) is 20.0 Å². The number of carbonyl (C=O) groups excluding carboxylic acids is 1. The van der Waals surface area contributed by atoms with E-state index in [4.69, 9.17) is 11.6 Å². The molecule has 2 aromatic heterocycles. The van der Waals surface area contributed by atoms with Gasteiger partial charge in [0.25, 0.3) is 5.56 Å². The van der Waals surface area contributed by atoms with Crippen LogP contribution in [0.2, 0.25) is 5.02 Å². The Balaban J connectivity index is 2.13. The van der Waals surface area contributed by atoms with E-state index in [0.29, 0.717) is 33.0 Å². The second-order valence-corrected chi connectivity index (χ2v) is 7.36. The molecule has 1 atom stereocenters. The Morgan fingerprint density at radius 3 is 2.50 bits per heavy atom. The number of amides is 1. The van der Waals surface area contributed by atoms with E-state index >= 15 is 0 Å². The zero-order chi connectivity index (χ0) is 20.7. The molecule has 1 N–H and O–H groups in total. The summed E-state index contributed by atoms with van der Waals surface area (Å²) in [6, 6.07) is 5.88. The van der Waals surface area contributed by atoms with Gasteiger partial charge in [-0.1, -0.05) is 17.7 Å². The van der Waals surface area contributed by atoms with Crippen molar-refractivity contribution in [3.63, 3.8) is 0 Å². The Bertz CT molecular complexity index is 1230. The maximum Gasteiger partial charge on any atom is 0.333 e. The molecular weight excluding hydrogens is 380 g/mol. The fraction of sp³-hybridized carbons (Fsp3) is 0.300. The third-order valence-electron chi connectivity index (χ3n) is 4.79. The van der Waals surface area contributed by atoms with Gasteiger partial charge < -0.3 is 5.32 Å². The molecule has 7 nitrogen and oxygen atoms in total. The lowest BCUT2D eigenvalue weighted by Gasteiger charge is -2.18. The molecule has 0 fully saturated rings. The Morgan fingerprint density at radius 2 is 1.82 bits per heavy atom. The molecule has 0 bridgehead atoms. The molecule has 0 aliphatic carbocycles. The normalized spacial score (nSPS) is 12.2. The summed E-state index contributed by atoms with van der Waals surface area (Å²) in [4.78, 5) is 43.0. The van der Waals surface area contributed by atoms with Gasteiger partial charge in [0, 0.05) is 23.5 Å². The van der Waals surface area contributed by atoms with Gasteiger partial charge in [-0.25, -0.2) is 14.3 Å². The number of benzene rings is 1. The predicted octanol–water partition coefficient (Wildman–Crippen LogP) is 2.87. The van der Waals surface area contributed by atoms with Crippen LogP contribution < -0.4 is 16.6 Å². The molecule has 0 aliphatic rings. The number of aryl methyl sites for hydroxylation is 4. The molecule has 1 amide bonds. The number of hydrogen-bond donors (Lipinski definition) is 1. The number of halogens is 1. The molecule has 8 heteroatoms. The first-order valence-corrected chi connectivity index (χ1v) is 9.16. The van der Waals surface area contributed by atoms with Crippen molar-refractivity contribution in [1.29, 1.82) is 0 Å². The Hall–Kier alpha value is -2.93. The zero-order valence-corrected chi connectivity index (χ0v) is 17.1. The standard InChI is InChI=1S/C20H21ClN4O3/c1-10-6-7-14(21)9-15(10)23-18(26)13(4)25-19(27)16-11(2)8-12(3)22-17(16)24(5)20(25)28/h6-9,13H,1-5H3,(H,23,26). The lowest BCUT2D eigenvalue weighted by Crippen LogP contribution is -2.44. The van der Waals surface area contributed by atoms with E-state index in [0.717, 1.165) is 10.1 Å². The van der Waals surface area contributed by atoms with Crippen LogP contribution in [0.15, 0.2) is 33.9 Å². The number of rotatable bonds is 3. The summed E-state index contributed by atoms with van der Waals surface area (Å²) in [5.74, 6) is -0.485. The predicted molar refractivity (Wildman–Crippen MR) is 110 cm³/mol. The molecule has 3 aromatic rings. The van der Waals surface area contributed by atoms with Gasteiger partial charge in [-0.3, -0.25) is 14.2 Å². The Labute approximate surface area is 166 Å². The van der Waals surface area contributed by atoms with Crippen molar-refractivity contribution in [3.05, 3.63) is 66.9 Å². The summed E-state index contributed by atoms with van der Waals surface area (Å²) in [6.45, 7) is 6.93. The highest BCUT2D eigenvalue weighted by molar-refractivity contribution is 6.31. The van der Waals surface area contributed by atoms with Crippen molar-refractivity contribution in [2.24, 2.45) is 7.05 Å². The van der Waals surface area contributed by atoms with Crippen LogP contribution in [0.4, 0.5) is 5.69 Å². The summed E-state index contributed by atoms with van der Waals surface area (Å²) in [5, 5.41) is 3.55. The summed E-state index contributed by atoms with van der Waals surface area (Å²) >= 11 is 6.00. The van der Waals surface area contributed by atoms with Gasteiger partial charge in [0.15, 0.2) is 0 Å². The average molecular weight is 401 g/mol. The highest BCUT2D eigenvalue weighted by atomic mass is 35.5. The highest BCUT2D eigenvalue weighted by Crippen LogP contribution is 2.21. The van der Waals surface area contributed by atoms with Crippen LogP contribution >= 0.6 is 11.6 Å². The van der Waals surface area contributed by atoms with Crippen molar-refractivity contribution in [3.8, 4) is 0 Å². The van der Waals surface area contributed by atoms with E-state index in [1.54, 1.807) is 38.1 Å². The SMILES string of the molecule is Cc1cc(C)c2c(=O)n(C(C)C(=O)Nc3cc(Cl)ccc3C)c(=O)n(C)c2n1. The van der Waals surface area contributed by atoms with Crippen molar-refractivity contribution in [2.75, 3.05) is 5.32 Å². The summed E-state index contributed by atoms with van der Waals surface area (Å²) < 4.78 is 2.26. The van der Waals surface area contributed by atoms with Crippen molar-refractivity contribution < 1.29 is 4.79 Å². The summed E-state index contributed by atoms with van der Waals surface area (Å²) in [5.41, 5.74) is 1.94. The van der Waals surface area contributed by atoms with Crippen LogP contribution in [-0.2, 0) is 11.8 Å². The number of nitrogens with zero attached hydrogens (tertiary/aromatic N) is 3. The molecule has 3 rings (SSSR count).